The van der Waals surface area contributed by atoms with Gasteiger partial charge in [0.15, 0.2) is 0 Å². The van der Waals surface area contributed by atoms with E-state index in [9.17, 15) is 0 Å². The fourth-order valence-electron chi connectivity index (χ4n) is 5.45. The summed E-state index contributed by atoms with van der Waals surface area (Å²) in [4.78, 5) is 0. The van der Waals surface area contributed by atoms with Gasteiger partial charge in [0.2, 0.25) is 0 Å². The molecule has 0 radical (unpaired) electrons. The SMILES string of the molecule is CCCCCCCCCCCCc1cc(C#C[Si](C)(C)C)c(CCCCCCCCCCCC)cc1C#C[Si](C)(C)C. The van der Waals surface area contributed by atoms with Crippen LogP contribution in [0.5, 0.6) is 0 Å². The maximum atomic E-state index is 3.69. The molecule has 0 amide bonds. The molecule has 0 unspecified atom stereocenters. The number of rotatable bonds is 22. The Morgan fingerprint density at radius 1 is 0.405 bits per heavy atom. The summed E-state index contributed by atoms with van der Waals surface area (Å²) in [6.45, 7) is 18.8. The molecule has 42 heavy (non-hydrogen) atoms. The van der Waals surface area contributed by atoms with Gasteiger partial charge >= 0.3 is 0 Å². The van der Waals surface area contributed by atoms with Crippen LogP contribution in [0.2, 0.25) is 39.3 Å². The van der Waals surface area contributed by atoms with Crippen LogP contribution in [0.15, 0.2) is 12.1 Å². The van der Waals surface area contributed by atoms with E-state index in [1.165, 1.54) is 151 Å². The summed E-state index contributed by atoms with van der Waals surface area (Å²) in [6, 6.07) is 4.92. The van der Waals surface area contributed by atoms with Crippen LogP contribution in [0.4, 0.5) is 0 Å². The summed E-state index contributed by atoms with van der Waals surface area (Å²) >= 11 is 0. The molecule has 0 bridgehead atoms. The molecule has 0 aromatic heterocycles. The molecular formula is C40H70Si2. The molecule has 0 saturated heterocycles. The number of unbranched alkanes of at least 4 members (excludes halogenated alkanes) is 18. The van der Waals surface area contributed by atoms with E-state index in [1.807, 2.05) is 0 Å². The third-order valence-corrected chi connectivity index (χ3v) is 9.82. The predicted molar refractivity (Wildman–Crippen MR) is 198 cm³/mol. The van der Waals surface area contributed by atoms with Gasteiger partial charge in [-0.15, -0.1) is 11.1 Å². The van der Waals surface area contributed by atoms with Crippen LogP contribution in [-0.4, -0.2) is 16.1 Å². The van der Waals surface area contributed by atoms with Crippen LogP contribution in [0.3, 0.4) is 0 Å². The molecule has 0 heterocycles. The first kappa shape index (κ1) is 38.8. The fraction of sp³-hybridized carbons (Fsp3) is 0.750. The maximum absolute atomic E-state index is 3.69. The van der Waals surface area contributed by atoms with Gasteiger partial charge in [-0.05, 0) is 48.9 Å². The van der Waals surface area contributed by atoms with Gasteiger partial charge in [-0.25, -0.2) is 0 Å². The summed E-state index contributed by atoms with van der Waals surface area (Å²) in [5, 5.41) is 0. The van der Waals surface area contributed by atoms with Crippen molar-refractivity contribution in [3.8, 4) is 22.9 Å². The first-order valence-corrected chi connectivity index (χ1v) is 25.3. The zero-order valence-corrected chi connectivity index (χ0v) is 31.7. The van der Waals surface area contributed by atoms with Gasteiger partial charge in [0.25, 0.3) is 0 Å². The van der Waals surface area contributed by atoms with E-state index in [4.69, 9.17) is 0 Å². The largest absolute Gasteiger partial charge is 0.129 e. The summed E-state index contributed by atoms with van der Waals surface area (Å²) < 4.78 is 0. The van der Waals surface area contributed by atoms with E-state index in [0.29, 0.717) is 0 Å². The quantitative estimate of drug-likeness (QED) is 0.0699. The lowest BCUT2D eigenvalue weighted by molar-refractivity contribution is 0.555. The molecule has 1 rings (SSSR count). The molecule has 0 N–H and O–H groups in total. The molecule has 1 aromatic rings. The van der Waals surface area contributed by atoms with Crippen molar-refractivity contribution < 1.29 is 0 Å². The predicted octanol–water partition coefficient (Wildman–Crippen LogP) is 13.1. The normalized spacial score (nSPS) is 11.6. The molecule has 0 spiro atoms. The van der Waals surface area contributed by atoms with Crippen LogP contribution in [-0.2, 0) is 12.8 Å². The minimum Gasteiger partial charge on any atom is -0.127 e. The molecule has 0 atom stereocenters. The van der Waals surface area contributed by atoms with Crippen molar-refractivity contribution in [1.29, 1.82) is 0 Å². The van der Waals surface area contributed by atoms with Crippen molar-refractivity contribution >= 4 is 16.1 Å². The van der Waals surface area contributed by atoms with E-state index in [-0.39, 0.29) is 0 Å². The third-order valence-electron chi connectivity index (χ3n) is 8.07. The van der Waals surface area contributed by atoms with Crippen molar-refractivity contribution in [2.45, 2.75) is 194 Å². The Kier molecular flexibility index (Phi) is 21.4. The number of hydrogen-bond donors (Lipinski definition) is 0. The van der Waals surface area contributed by atoms with Crippen molar-refractivity contribution in [1.82, 2.24) is 0 Å². The molecule has 0 aliphatic heterocycles. The first-order chi connectivity index (χ1) is 20.1. The Labute approximate surface area is 267 Å². The second-order valence-electron chi connectivity index (χ2n) is 15.0. The van der Waals surface area contributed by atoms with Crippen molar-refractivity contribution in [2.24, 2.45) is 0 Å². The Morgan fingerprint density at radius 3 is 0.929 bits per heavy atom. The van der Waals surface area contributed by atoms with E-state index in [0.717, 1.165) is 12.8 Å². The van der Waals surface area contributed by atoms with Crippen LogP contribution in [0.25, 0.3) is 0 Å². The minimum atomic E-state index is -1.44. The minimum absolute atomic E-state index is 1.15. The monoisotopic (exact) mass is 607 g/mol. The molecule has 2 heteroatoms. The van der Waals surface area contributed by atoms with Gasteiger partial charge in [0.05, 0.1) is 0 Å². The highest BCUT2D eigenvalue weighted by Crippen LogP contribution is 2.23. The van der Waals surface area contributed by atoms with E-state index in [1.54, 1.807) is 0 Å². The topological polar surface area (TPSA) is 0 Å². The maximum Gasteiger partial charge on any atom is 0.129 e. The van der Waals surface area contributed by atoms with Gasteiger partial charge in [0, 0.05) is 11.1 Å². The van der Waals surface area contributed by atoms with Gasteiger partial charge in [-0.1, -0.05) is 181 Å². The Hall–Kier alpha value is -1.23. The molecule has 1 aromatic carbocycles. The molecule has 0 nitrogen and oxygen atoms in total. The van der Waals surface area contributed by atoms with Crippen LogP contribution < -0.4 is 0 Å². The lowest BCUT2D eigenvalue weighted by Crippen LogP contribution is -2.16. The zero-order chi connectivity index (χ0) is 31.1. The number of hydrogen-bond acceptors (Lipinski definition) is 0. The molecule has 238 valence electrons. The Bertz CT molecular complexity index is 872. The number of benzene rings is 1. The Balaban J connectivity index is 2.86. The summed E-state index contributed by atoms with van der Waals surface area (Å²) in [5.74, 6) is 7.38. The molecule has 0 aliphatic rings. The van der Waals surface area contributed by atoms with Crippen molar-refractivity contribution in [2.75, 3.05) is 0 Å². The summed E-state index contributed by atoms with van der Waals surface area (Å²) in [5.41, 5.74) is 12.9. The second kappa shape index (κ2) is 23.2. The number of aryl methyl sites for hydroxylation is 2. The fourth-order valence-corrected chi connectivity index (χ4v) is 6.47. The average molecular weight is 607 g/mol. The van der Waals surface area contributed by atoms with Gasteiger partial charge in [-0.2, -0.15) is 0 Å². The highest BCUT2D eigenvalue weighted by Gasteiger charge is 2.13. The molecule has 0 saturated carbocycles. The first-order valence-electron chi connectivity index (χ1n) is 18.3. The molecule has 0 fully saturated rings. The highest BCUT2D eigenvalue weighted by molar-refractivity contribution is 6.84. The van der Waals surface area contributed by atoms with Crippen LogP contribution in [0.1, 0.15) is 165 Å². The van der Waals surface area contributed by atoms with Crippen molar-refractivity contribution in [3.63, 3.8) is 0 Å². The summed E-state index contributed by atoms with van der Waals surface area (Å²) in [7, 11) is -2.88. The van der Waals surface area contributed by atoms with Gasteiger partial charge < -0.3 is 0 Å². The van der Waals surface area contributed by atoms with E-state index in [2.05, 4.69) is 88.2 Å². The van der Waals surface area contributed by atoms with E-state index >= 15 is 0 Å². The average Bonchev–Trinajstić information content (AvgIpc) is 2.92. The van der Waals surface area contributed by atoms with Crippen molar-refractivity contribution in [3.05, 3.63) is 34.4 Å². The highest BCUT2D eigenvalue weighted by atomic mass is 28.3. The third kappa shape index (κ3) is 21.5. The van der Waals surface area contributed by atoms with Crippen LogP contribution >= 0.6 is 0 Å². The second-order valence-corrected chi connectivity index (χ2v) is 24.5. The lowest BCUT2D eigenvalue weighted by Gasteiger charge is -2.13. The molecule has 0 aliphatic carbocycles. The lowest BCUT2D eigenvalue weighted by atomic mass is 9.92. The van der Waals surface area contributed by atoms with Gasteiger partial charge in [0.1, 0.15) is 16.1 Å². The van der Waals surface area contributed by atoms with E-state index < -0.39 is 16.1 Å². The smallest absolute Gasteiger partial charge is 0.127 e. The Morgan fingerprint density at radius 2 is 0.667 bits per heavy atom. The van der Waals surface area contributed by atoms with Crippen LogP contribution in [0, 0.1) is 22.9 Å². The summed E-state index contributed by atoms with van der Waals surface area (Å²) in [6.07, 6.45) is 30.0. The zero-order valence-electron chi connectivity index (χ0n) is 29.7. The molecular weight excluding hydrogens is 537 g/mol. The van der Waals surface area contributed by atoms with Gasteiger partial charge in [-0.3, -0.25) is 0 Å². The standard InChI is InChI=1S/C40H70Si2/c1-9-11-13-15-17-19-21-23-25-27-29-37-35-40(32-34-42(6,7)8)38(36-39(37)31-33-41(3,4)5)30-28-26-24-22-20-18-16-14-12-10-2/h35-36H,9-30H2,1-8H3.